The summed E-state index contributed by atoms with van der Waals surface area (Å²) in [4.78, 5) is 12.0. The van der Waals surface area contributed by atoms with Gasteiger partial charge in [-0.05, 0) is 42.8 Å². The van der Waals surface area contributed by atoms with Crippen molar-refractivity contribution in [2.45, 2.75) is 6.92 Å². The molecule has 3 N–H and O–H groups in total. The molecule has 0 spiro atoms. The van der Waals surface area contributed by atoms with Crippen LogP contribution in [-0.2, 0) is 0 Å². The molecule has 2 aromatic rings. The Morgan fingerprint density at radius 2 is 1.74 bits per heavy atom. The largest absolute Gasteiger partial charge is 0.398 e. The SMILES string of the molecule is Cc1ccc(F)cc1NC(=O)c1cc(F)ccc1N. The first-order valence-corrected chi connectivity index (χ1v) is 5.60. The normalized spacial score (nSPS) is 10.3. The fraction of sp³-hybridized carbons (Fsp3) is 0.0714. The number of amides is 1. The summed E-state index contributed by atoms with van der Waals surface area (Å²) in [5, 5.41) is 2.51. The molecular formula is C14H12F2N2O. The van der Waals surface area contributed by atoms with Gasteiger partial charge >= 0.3 is 0 Å². The molecule has 5 heteroatoms. The Labute approximate surface area is 109 Å². The molecule has 2 rings (SSSR count). The van der Waals surface area contributed by atoms with Gasteiger partial charge in [0.25, 0.3) is 5.91 Å². The zero-order chi connectivity index (χ0) is 14.0. The van der Waals surface area contributed by atoms with Crippen LogP contribution in [0.3, 0.4) is 0 Å². The predicted molar refractivity (Wildman–Crippen MR) is 69.9 cm³/mol. The van der Waals surface area contributed by atoms with Gasteiger partial charge in [0, 0.05) is 11.4 Å². The summed E-state index contributed by atoms with van der Waals surface area (Å²) >= 11 is 0. The van der Waals surface area contributed by atoms with Crippen molar-refractivity contribution in [1.29, 1.82) is 0 Å². The fourth-order valence-electron chi connectivity index (χ4n) is 1.64. The van der Waals surface area contributed by atoms with Crippen molar-refractivity contribution >= 4 is 17.3 Å². The summed E-state index contributed by atoms with van der Waals surface area (Å²) in [5.41, 5.74) is 6.81. The Balaban J connectivity index is 2.30. The van der Waals surface area contributed by atoms with E-state index in [1.807, 2.05) is 0 Å². The van der Waals surface area contributed by atoms with Crippen molar-refractivity contribution in [2.75, 3.05) is 11.1 Å². The number of aryl methyl sites for hydroxylation is 1. The summed E-state index contributed by atoms with van der Waals surface area (Å²) < 4.78 is 26.2. The van der Waals surface area contributed by atoms with Crippen molar-refractivity contribution < 1.29 is 13.6 Å². The van der Waals surface area contributed by atoms with Gasteiger partial charge in [-0.15, -0.1) is 0 Å². The second kappa shape index (κ2) is 5.06. The average Bonchev–Trinajstić information content (AvgIpc) is 2.36. The van der Waals surface area contributed by atoms with E-state index in [1.165, 1.54) is 24.3 Å². The van der Waals surface area contributed by atoms with Gasteiger partial charge in [-0.1, -0.05) is 6.07 Å². The smallest absolute Gasteiger partial charge is 0.257 e. The number of hydrogen-bond acceptors (Lipinski definition) is 2. The molecule has 0 saturated carbocycles. The molecular weight excluding hydrogens is 250 g/mol. The summed E-state index contributed by atoms with van der Waals surface area (Å²) in [6, 6.07) is 7.55. The molecule has 1 amide bonds. The van der Waals surface area contributed by atoms with Crippen LogP contribution < -0.4 is 11.1 Å². The van der Waals surface area contributed by atoms with Crippen LogP contribution in [0.5, 0.6) is 0 Å². The highest BCUT2D eigenvalue weighted by atomic mass is 19.1. The molecule has 0 bridgehead atoms. The highest BCUT2D eigenvalue weighted by Crippen LogP contribution is 2.19. The molecule has 3 nitrogen and oxygen atoms in total. The van der Waals surface area contributed by atoms with Gasteiger partial charge < -0.3 is 11.1 Å². The first kappa shape index (κ1) is 13.0. The van der Waals surface area contributed by atoms with Crippen molar-refractivity contribution in [2.24, 2.45) is 0 Å². The van der Waals surface area contributed by atoms with Gasteiger partial charge in [0.1, 0.15) is 11.6 Å². The zero-order valence-electron chi connectivity index (χ0n) is 10.2. The second-order valence-corrected chi connectivity index (χ2v) is 4.14. The van der Waals surface area contributed by atoms with E-state index in [2.05, 4.69) is 5.32 Å². The van der Waals surface area contributed by atoms with Crippen molar-refractivity contribution in [1.82, 2.24) is 0 Å². The molecule has 0 atom stereocenters. The molecule has 0 aliphatic carbocycles. The Morgan fingerprint density at radius 1 is 1.11 bits per heavy atom. The van der Waals surface area contributed by atoms with Crippen LogP contribution >= 0.6 is 0 Å². The summed E-state index contributed by atoms with van der Waals surface area (Å²) in [5.74, 6) is -1.60. The minimum atomic E-state index is -0.578. The van der Waals surface area contributed by atoms with Crippen LogP contribution in [0.2, 0.25) is 0 Å². The quantitative estimate of drug-likeness (QED) is 0.817. The van der Waals surface area contributed by atoms with Crippen LogP contribution in [-0.4, -0.2) is 5.91 Å². The van der Waals surface area contributed by atoms with Gasteiger partial charge in [-0.25, -0.2) is 8.78 Å². The summed E-state index contributed by atoms with van der Waals surface area (Å²) in [7, 11) is 0. The van der Waals surface area contributed by atoms with Crippen molar-refractivity contribution in [3.8, 4) is 0 Å². The lowest BCUT2D eigenvalue weighted by molar-refractivity contribution is 0.102. The molecule has 0 aliphatic rings. The van der Waals surface area contributed by atoms with E-state index in [1.54, 1.807) is 13.0 Å². The van der Waals surface area contributed by atoms with E-state index in [9.17, 15) is 13.6 Å². The number of carbonyl (C=O) groups is 1. The molecule has 0 saturated heterocycles. The van der Waals surface area contributed by atoms with Gasteiger partial charge in [-0.2, -0.15) is 0 Å². The zero-order valence-corrected chi connectivity index (χ0v) is 10.2. The van der Waals surface area contributed by atoms with Gasteiger partial charge in [0.2, 0.25) is 0 Å². The number of carbonyl (C=O) groups excluding carboxylic acids is 1. The van der Waals surface area contributed by atoms with E-state index in [0.29, 0.717) is 11.3 Å². The van der Waals surface area contributed by atoms with E-state index in [0.717, 1.165) is 6.07 Å². The number of rotatable bonds is 2. The molecule has 0 unspecified atom stereocenters. The molecule has 0 fully saturated rings. The van der Waals surface area contributed by atoms with Crippen LogP contribution in [0.15, 0.2) is 36.4 Å². The maximum absolute atomic E-state index is 13.1. The Morgan fingerprint density at radius 3 is 2.47 bits per heavy atom. The van der Waals surface area contributed by atoms with Crippen LogP contribution in [0.1, 0.15) is 15.9 Å². The maximum atomic E-state index is 13.1. The summed E-state index contributed by atoms with van der Waals surface area (Å²) in [6.45, 7) is 1.73. The van der Waals surface area contributed by atoms with E-state index in [4.69, 9.17) is 5.73 Å². The van der Waals surface area contributed by atoms with Crippen LogP contribution in [0.4, 0.5) is 20.2 Å². The molecule has 98 valence electrons. The lowest BCUT2D eigenvalue weighted by Crippen LogP contribution is -2.15. The third-order valence-electron chi connectivity index (χ3n) is 2.71. The number of nitrogens with two attached hydrogens (primary N) is 1. The number of anilines is 2. The Kier molecular flexibility index (Phi) is 3.46. The number of halogens is 2. The molecule has 0 heterocycles. The second-order valence-electron chi connectivity index (χ2n) is 4.14. The molecule has 19 heavy (non-hydrogen) atoms. The number of nitrogens with one attached hydrogen (secondary N) is 1. The minimum Gasteiger partial charge on any atom is -0.398 e. The number of benzene rings is 2. The van der Waals surface area contributed by atoms with Gasteiger partial charge in [0.15, 0.2) is 0 Å². The first-order chi connectivity index (χ1) is 8.97. The third-order valence-corrected chi connectivity index (χ3v) is 2.71. The first-order valence-electron chi connectivity index (χ1n) is 5.60. The molecule has 0 radical (unpaired) electrons. The highest BCUT2D eigenvalue weighted by molar-refractivity contribution is 6.08. The molecule has 0 aliphatic heterocycles. The van der Waals surface area contributed by atoms with E-state index >= 15 is 0 Å². The topological polar surface area (TPSA) is 55.1 Å². The third kappa shape index (κ3) is 2.88. The van der Waals surface area contributed by atoms with Crippen molar-refractivity contribution in [3.05, 3.63) is 59.2 Å². The Hall–Kier alpha value is -2.43. The monoisotopic (exact) mass is 262 g/mol. The predicted octanol–water partition coefficient (Wildman–Crippen LogP) is 3.11. The van der Waals surface area contributed by atoms with Gasteiger partial charge in [0.05, 0.1) is 5.56 Å². The van der Waals surface area contributed by atoms with Crippen molar-refractivity contribution in [3.63, 3.8) is 0 Å². The highest BCUT2D eigenvalue weighted by Gasteiger charge is 2.12. The number of hydrogen-bond donors (Lipinski definition) is 2. The molecule has 2 aromatic carbocycles. The number of nitrogen functional groups attached to an aromatic ring is 1. The lowest BCUT2D eigenvalue weighted by Gasteiger charge is -2.10. The standard InChI is InChI=1S/C14H12F2N2O/c1-8-2-3-10(16)7-13(8)18-14(19)11-6-9(15)4-5-12(11)17/h2-7H,17H2,1H3,(H,18,19). The minimum absolute atomic E-state index is 0.0173. The summed E-state index contributed by atoms with van der Waals surface area (Å²) in [6.07, 6.45) is 0. The fourth-order valence-corrected chi connectivity index (χ4v) is 1.64. The van der Waals surface area contributed by atoms with E-state index < -0.39 is 17.5 Å². The maximum Gasteiger partial charge on any atom is 0.257 e. The van der Waals surface area contributed by atoms with Gasteiger partial charge in [-0.3, -0.25) is 4.79 Å². The molecule has 0 aromatic heterocycles. The van der Waals surface area contributed by atoms with E-state index in [-0.39, 0.29) is 11.3 Å². The van der Waals surface area contributed by atoms with Crippen LogP contribution in [0.25, 0.3) is 0 Å². The lowest BCUT2D eigenvalue weighted by atomic mass is 10.1. The Bertz CT molecular complexity index is 641. The average molecular weight is 262 g/mol. The van der Waals surface area contributed by atoms with Crippen LogP contribution in [0, 0.1) is 18.6 Å².